The molecule has 1 fully saturated rings. The topological polar surface area (TPSA) is 63.7 Å². The summed E-state index contributed by atoms with van der Waals surface area (Å²) < 4.78 is 5.52. The van der Waals surface area contributed by atoms with Crippen LogP contribution in [0.1, 0.15) is 72.2 Å². The third-order valence-corrected chi connectivity index (χ3v) is 5.70. The number of benzene rings is 2. The molecule has 1 saturated carbocycles. The van der Waals surface area contributed by atoms with Crippen LogP contribution in [0.25, 0.3) is 0 Å². The third-order valence-electron chi connectivity index (χ3n) is 5.70. The van der Waals surface area contributed by atoms with Crippen molar-refractivity contribution in [2.45, 2.75) is 58.1 Å². The van der Waals surface area contributed by atoms with Crippen molar-refractivity contribution in [3.8, 4) is 0 Å². The Morgan fingerprint density at radius 3 is 2.17 bits per heavy atom. The van der Waals surface area contributed by atoms with Crippen LogP contribution < -0.4 is 0 Å². The van der Waals surface area contributed by atoms with Crippen LogP contribution in [-0.4, -0.2) is 41.3 Å². The van der Waals surface area contributed by atoms with E-state index in [-0.39, 0.29) is 28.9 Å². The van der Waals surface area contributed by atoms with Crippen molar-refractivity contribution in [3.05, 3.63) is 71.3 Å². The van der Waals surface area contributed by atoms with Crippen LogP contribution in [0.4, 0.5) is 0 Å². The van der Waals surface area contributed by atoms with Crippen LogP contribution in [-0.2, 0) is 9.53 Å². The lowest BCUT2D eigenvalue weighted by atomic mass is 9.94. The van der Waals surface area contributed by atoms with Crippen molar-refractivity contribution in [1.82, 2.24) is 4.90 Å². The highest BCUT2D eigenvalue weighted by Crippen LogP contribution is 2.24. The summed E-state index contributed by atoms with van der Waals surface area (Å²) in [6.07, 6.45) is 4.54. The quantitative estimate of drug-likeness (QED) is 0.495. The summed E-state index contributed by atoms with van der Waals surface area (Å²) in [6, 6.07) is 15.6. The highest BCUT2D eigenvalue weighted by molar-refractivity contribution is 6.14. The third kappa shape index (κ3) is 4.96. The van der Waals surface area contributed by atoms with Crippen LogP contribution in [0.5, 0.6) is 0 Å². The van der Waals surface area contributed by atoms with Gasteiger partial charge in [-0.15, -0.1) is 0 Å². The van der Waals surface area contributed by atoms with Gasteiger partial charge in [0.15, 0.2) is 11.9 Å². The SMILES string of the molecule is CCN(C(=O)[C@@H](C)OC(=O)c1ccccc1C(=O)c1ccccc1)C1CCCCC1. The number of ether oxygens (including phenoxy) is 1. The molecule has 0 bridgehead atoms. The molecule has 1 amide bonds. The van der Waals surface area contributed by atoms with Gasteiger partial charge in [0.05, 0.1) is 5.56 Å². The van der Waals surface area contributed by atoms with E-state index in [1.165, 1.54) is 6.42 Å². The summed E-state index contributed by atoms with van der Waals surface area (Å²) in [7, 11) is 0. The molecule has 5 nitrogen and oxygen atoms in total. The number of amides is 1. The molecule has 0 unspecified atom stereocenters. The molecule has 2 aromatic rings. The van der Waals surface area contributed by atoms with E-state index in [2.05, 4.69) is 0 Å². The average Bonchev–Trinajstić information content (AvgIpc) is 2.80. The maximum absolute atomic E-state index is 13.0. The Hall–Kier alpha value is -2.95. The Morgan fingerprint density at radius 2 is 1.53 bits per heavy atom. The van der Waals surface area contributed by atoms with E-state index >= 15 is 0 Å². The summed E-state index contributed by atoms with van der Waals surface area (Å²) in [5.74, 6) is -1.08. The molecule has 0 heterocycles. The standard InChI is InChI=1S/C25H29NO4/c1-3-26(20-14-8-5-9-15-20)24(28)18(2)30-25(29)22-17-11-10-16-21(22)23(27)19-12-6-4-7-13-19/h4,6-7,10-13,16-18,20H,3,5,8-9,14-15H2,1-2H3/t18-/m1/s1. The fourth-order valence-corrected chi connectivity index (χ4v) is 4.10. The van der Waals surface area contributed by atoms with Gasteiger partial charge in [0, 0.05) is 23.7 Å². The number of carbonyl (C=O) groups is 3. The Bertz CT molecular complexity index is 887. The van der Waals surface area contributed by atoms with Gasteiger partial charge in [-0.1, -0.05) is 67.8 Å². The molecule has 3 rings (SSSR count). The molecule has 158 valence electrons. The highest BCUT2D eigenvalue weighted by atomic mass is 16.5. The Morgan fingerprint density at radius 1 is 0.933 bits per heavy atom. The molecule has 30 heavy (non-hydrogen) atoms. The molecule has 1 aliphatic carbocycles. The number of hydrogen-bond acceptors (Lipinski definition) is 4. The fraction of sp³-hybridized carbons (Fsp3) is 0.400. The monoisotopic (exact) mass is 407 g/mol. The molecule has 0 N–H and O–H groups in total. The van der Waals surface area contributed by atoms with Gasteiger partial charge in [-0.25, -0.2) is 4.79 Å². The van der Waals surface area contributed by atoms with E-state index in [9.17, 15) is 14.4 Å². The summed E-state index contributed by atoms with van der Waals surface area (Å²) >= 11 is 0. The molecule has 0 aliphatic heterocycles. The van der Waals surface area contributed by atoms with Gasteiger partial charge >= 0.3 is 5.97 Å². The lowest BCUT2D eigenvalue weighted by Gasteiger charge is -2.35. The number of nitrogens with zero attached hydrogens (tertiary/aromatic N) is 1. The van der Waals surface area contributed by atoms with Crippen LogP contribution >= 0.6 is 0 Å². The number of esters is 1. The lowest BCUT2D eigenvalue weighted by Crippen LogP contribution is -2.46. The van der Waals surface area contributed by atoms with Crippen molar-refractivity contribution in [1.29, 1.82) is 0 Å². The predicted octanol–water partition coefficient (Wildman–Crippen LogP) is 4.64. The molecule has 1 aliphatic rings. The lowest BCUT2D eigenvalue weighted by molar-refractivity contribution is -0.142. The minimum Gasteiger partial charge on any atom is -0.449 e. The second-order valence-corrected chi connectivity index (χ2v) is 7.70. The number of ketones is 1. The fourth-order valence-electron chi connectivity index (χ4n) is 4.10. The molecule has 0 radical (unpaired) electrons. The first-order valence-corrected chi connectivity index (χ1v) is 10.7. The zero-order valence-corrected chi connectivity index (χ0v) is 17.7. The van der Waals surface area contributed by atoms with E-state index in [1.807, 2.05) is 17.9 Å². The minimum absolute atomic E-state index is 0.173. The summed E-state index contributed by atoms with van der Waals surface area (Å²) in [5, 5.41) is 0. The van der Waals surface area contributed by atoms with Crippen molar-refractivity contribution in [3.63, 3.8) is 0 Å². The first-order valence-electron chi connectivity index (χ1n) is 10.7. The van der Waals surface area contributed by atoms with Gasteiger partial charge in [-0.05, 0) is 32.8 Å². The largest absolute Gasteiger partial charge is 0.449 e. The van der Waals surface area contributed by atoms with Gasteiger partial charge in [-0.3, -0.25) is 9.59 Å². The maximum atomic E-state index is 13.0. The average molecular weight is 408 g/mol. The van der Waals surface area contributed by atoms with Gasteiger partial charge < -0.3 is 9.64 Å². The number of carbonyl (C=O) groups excluding carboxylic acids is 3. The van der Waals surface area contributed by atoms with Gasteiger partial charge in [-0.2, -0.15) is 0 Å². The molecule has 2 aromatic carbocycles. The number of hydrogen-bond donors (Lipinski definition) is 0. The molecule has 0 aromatic heterocycles. The van der Waals surface area contributed by atoms with Crippen LogP contribution in [0.3, 0.4) is 0 Å². The van der Waals surface area contributed by atoms with Crippen molar-refractivity contribution in [2.24, 2.45) is 0 Å². The van der Waals surface area contributed by atoms with Gasteiger partial charge in [0.1, 0.15) is 0 Å². The van der Waals surface area contributed by atoms with E-state index in [4.69, 9.17) is 4.74 Å². The normalized spacial score (nSPS) is 15.3. The van der Waals surface area contributed by atoms with Crippen molar-refractivity contribution in [2.75, 3.05) is 6.54 Å². The van der Waals surface area contributed by atoms with Gasteiger partial charge in [0.25, 0.3) is 5.91 Å². The van der Waals surface area contributed by atoms with E-state index in [0.29, 0.717) is 12.1 Å². The second-order valence-electron chi connectivity index (χ2n) is 7.70. The molecule has 0 saturated heterocycles. The molecular weight excluding hydrogens is 378 g/mol. The van der Waals surface area contributed by atoms with Gasteiger partial charge in [0.2, 0.25) is 0 Å². The number of likely N-dealkylation sites (N-methyl/N-ethyl adjacent to an activating group) is 1. The first kappa shape index (κ1) is 21.8. The molecule has 5 heteroatoms. The minimum atomic E-state index is -0.903. The zero-order chi connectivity index (χ0) is 21.5. The predicted molar refractivity (Wildman–Crippen MR) is 115 cm³/mol. The van der Waals surface area contributed by atoms with Crippen molar-refractivity contribution < 1.29 is 19.1 Å². The second kappa shape index (κ2) is 10.2. The van der Waals surface area contributed by atoms with Crippen LogP contribution in [0.2, 0.25) is 0 Å². The molecule has 0 spiro atoms. The first-order chi connectivity index (χ1) is 14.5. The Balaban J connectivity index is 1.74. The van der Waals surface area contributed by atoms with E-state index in [0.717, 1.165) is 25.7 Å². The summed E-state index contributed by atoms with van der Waals surface area (Å²) in [6.45, 7) is 4.15. The van der Waals surface area contributed by atoms with Crippen LogP contribution in [0, 0.1) is 0 Å². The van der Waals surface area contributed by atoms with E-state index in [1.54, 1.807) is 55.5 Å². The molecule has 1 atom stereocenters. The zero-order valence-electron chi connectivity index (χ0n) is 17.7. The van der Waals surface area contributed by atoms with Crippen molar-refractivity contribution >= 4 is 17.7 Å². The molecular formula is C25H29NO4. The summed E-state index contributed by atoms with van der Waals surface area (Å²) in [4.78, 5) is 40.5. The Kier molecular flexibility index (Phi) is 7.39. The smallest absolute Gasteiger partial charge is 0.339 e. The highest BCUT2D eigenvalue weighted by Gasteiger charge is 2.30. The van der Waals surface area contributed by atoms with E-state index < -0.39 is 12.1 Å². The summed E-state index contributed by atoms with van der Waals surface area (Å²) in [5.41, 5.74) is 0.941. The van der Waals surface area contributed by atoms with Crippen LogP contribution in [0.15, 0.2) is 54.6 Å². The maximum Gasteiger partial charge on any atom is 0.339 e. The Labute approximate surface area is 178 Å². The number of rotatable bonds is 7.